The molecule has 0 aromatic heterocycles. The van der Waals surface area contributed by atoms with Crippen molar-refractivity contribution >= 4 is 10.8 Å². The van der Waals surface area contributed by atoms with Gasteiger partial charge in [0.2, 0.25) is 0 Å². The summed E-state index contributed by atoms with van der Waals surface area (Å²) in [5.74, 6) is 0.938. The largest absolute Gasteiger partial charge is 0.254 e. The summed E-state index contributed by atoms with van der Waals surface area (Å²) in [7, 11) is -0.859. The van der Waals surface area contributed by atoms with Crippen molar-refractivity contribution in [2.45, 2.75) is 57.1 Å². The highest BCUT2D eigenvalue weighted by molar-refractivity contribution is 7.85. The van der Waals surface area contributed by atoms with Crippen LogP contribution in [0, 0.1) is 5.92 Å². The maximum atomic E-state index is 12.6. The standard InChI is InChI=1S/C17H16OS.2C2H6/c1-11-15-10-12-6-2-3-7-13(12)17(15)14-8-4-5-9-16(14)19(11)18;2*1-2/h2-9,11,15,17H,10H2,1H3;2*1-2H3. The van der Waals surface area contributed by atoms with E-state index in [0.717, 1.165) is 11.3 Å². The topological polar surface area (TPSA) is 17.1 Å². The van der Waals surface area contributed by atoms with Crippen LogP contribution >= 0.6 is 0 Å². The summed E-state index contributed by atoms with van der Waals surface area (Å²) in [4.78, 5) is 1.05. The first kappa shape index (κ1) is 17.9. The van der Waals surface area contributed by atoms with E-state index in [9.17, 15) is 4.21 Å². The second-order valence-electron chi connectivity index (χ2n) is 5.58. The molecule has 2 aromatic rings. The summed E-state index contributed by atoms with van der Waals surface area (Å²) >= 11 is 0. The third-order valence-electron chi connectivity index (χ3n) is 4.69. The quantitative estimate of drug-likeness (QED) is 0.619. The van der Waals surface area contributed by atoms with E-state index >= 15 is 0 Å². The van der Waals surface area contributed by atoms with Crippen LogP contribution in [-0.4, -0.2) is 9.46 Å². The summed E-state index contributed by atoms with van der Waals surface area (Å²) in [6, 6.07) is 17.0. The normalized spacial score (nSPS) is 26.5. The first-order valence-electron chi connectivity index (χ1n) is 8.84. The number of fused-ring (bicyclic) bond motifs is 5. The van der Waals surface area contributed by atoms with Crippen molar-refractivity contribution in [1.29, 1.82) is 0 Å². The number of hydrogen-bond acceptors (Lipinski definition) is 1. The average molecular weight is 329 g/mol. The monoisotopic (exact) mass is 328 g/mol. The van der Waals surface area contributed by atoms with Crippen molar-refractivity contribution in [1.82, 2.24) is 0 Å². The lowest BCUT2D eigenvalue weighted by molar-refractivity contribution is 0.472. The second kappa shape index (κ2) is 7.92. The van der Waals surface area contributed by atoms with Gasteiger partial charge in [0.1, 0.15) is 0 Å². The summed E-state index contributed by atoms with van der Waals surface area (Å²) in [6.07, 6.45) is 1.07. The molecule has 0 saturated heterocycles. The zero-order valence-electron chi connectivity index (χ0n) is 14.9. The summed E-state index contributed by atoms with van der Waals surface area (Å²) in [6.45, 7) is 10.1. The minimum Gasteiger partial charge on any atom is -0.254 e. The highest BCUT2D eigenvalue weighted by Crippen LogP contribution is 2.50. The summed E-state index contributed by atoms with van der Waals surface area (Å²) < 4.78 is 12.6. The molecule has 1 aliphatic heterocycles. The lowest BCUT2D eigenvalue weighted by atomic mass is 9.83. The minimum absolute atomic E-state index is 0.243. The molecule has 0 spiro atoms. The van der Waals surface area contributed by atoms with E-state index in [2.05, 4.69) is 43.3 Å². The van der Waals surface area contributed by atoms with Gasteiger partial charge in [0.15, 0.2) is 0 Å². The molecule has 2 aromatic carbocycles. The van der Waals surface area contributed by atoms with E-state index in [-0.39, 0.29) is 5.25 Å². The molecular weight excluding hydrogens is 300 g/mol. The Morgan fingerprint density at radius 1 is 0.870 bits per heavy atom. The van der Waals surface area contributed by atoms with Gasteiger partial charge < -0.3 is 0 Å². The first-order valence-corrected chi connectivity index (χ1v) is 10.1. The van der Waals surface area contributed by atoms with Gasteiger partial charge in [0.05, 0.1) is 10.8 Å². The van der Waals surface area contributed by atoms with Crippen LogP contribution in [0.3, 0.4) is 0 Å². The molecule has 1 nitrogen and oxygen atoms in total. The Bertz CT molecular complexity index is 677. The van der Waals surface area contributed by atoms with Gasteiger partial charge in [-0.3, -0.25) is 4.21 Å². The van der Waals surface area contributed by atoms with Gasteiger partial charge in [-0.15, -0.1) is 0 Å². The highest BCUT2D eigenvalue weighted by atomic mass is 32.2. The molecule has 1 aliphatic carbocycles. The molecule has 1 heterocycles. The van der Waals surface area contributed by atoms with Crippen molar-refractivity contribution < 1.29 is 4.21 Å². The summed E-state index contributed by atoms with van der Waals surface area (Å²) in [5.41, 5.74) is 4.18. The van der Waals surface area contributed by atoms with Gasteiger partial charge in [0.25, 0.3) is 0 Å². The number of hydrogen-bond donors (Lipinski definition) is 0. The van der Waals surface area contributed by atoms with Crippen molar-refractivity contribution in [3.8, 4) is 0 Å². The Kier molecular flexibility index (Phi) is 6.17. The highest BCUT2D eigenvalue weighted by Gasteiger charge is 2.43. The van der Waals surface area contributed by atoms with Crippen LogP contribution in [0.5, 0.6) is 0 Å². The fraction of sp³-hybridized carbons (Fsp3) is 0.429. The Morgan fingerprint density at radius 3 is 2.13 bits per heavy atom. The van der Waals surface area contributed by atoms with Crippen LogP contribution in [0.2, 0.25) is 0 Å². The van der Waals surface area contributed by atoms with Gasteiger partial charge >= 0.3 is 0 Å². The van der Waals surface area contributed by atoms with Crippen LogP contribution in [0.4, 0.5) is 0 Å². The molecule has 0 saturated carbocycles. The lowest BCUT2D eigenvalue weighted by Gasteiger charge is -2.33. The Morgan fingerprint density at radius 2 is 1.43 bits per heavy atom. The zero-order chi connectivity index (χ0) is 17.0. The molecule has 0 radical (unpaired) electrons. The van der Waals surface area contributed by atoms with Gasteiger partial charge in [-0.25, -0.2) is 0 Å². The lowest BCUT2D eigenvalue weighted by Crippen LogP contribution is -2.32. The smallest absolute Gasteiger partial charge is 0.0564 e. The van der Waals surface area contributed by atoms with Crippen LogP contribution in [0.1, 0.15) is 57.2 Å². The van der Waals surface area contributed by atoms with Crippen LogP contribution in [0.25, 0.3) is 0 Å². The zero-order valence-corrected chi connectivity index (χ0v) is 15.7. The molecule has 2 aliphatic rings. The van der Waals surface area contributed by atoms with Crippen molar-refractivity contribution in [3.63, 3.8) is 0 Å². The van der Waals surface area contributed by atoms with E-state index in [1.54, 1.807) is 0 Å². The number of rotatable bonds is 0. The fourth-order valence-electron chi connectivity index (χ4n) is 3.74. The molecule has 0 N–H and O–H groups in total. The molecule has 2 heteroatoms. The Labute approximate surface area is 143 Å². The second-order valence-corrected chi connectivity index (χ2v) is 7.36. The molecule has 4 rings (SSSR count). The Hall–Kier alpha value is -1.41. The van der Waals surface area contributed by atoms with E-state index < -0.39 is 10.8 Å². The van der Waals surface area contributed by atoms with Crippen LogP contribution in [0.15, 0.2) is 53.4 Å². The van der Waals surface area contributed by atoms with Gasteiger partial charge in [0, 0.05) is 16.1 Å². The minimum atomic E-state index is -0.859. The molecule has 0 fully saturated rings. The van der Waals surface area contributed by atoms with Gasteiger partial charge in [-0.05, 0) is 35.1 Å². The maximum absolute atomic E-state index is 12.6. The predicted molar refractivity (Wildman–Crippen MR) is 100 cm³/mol. The van der Waals surface area contributed by atoms with Crippen molar-refractivity contribution in [2.75, 3.05) is 0 Å². The van der Waals surface area contributed by atoms with Gasteiger partial charge in [-0.2, -0.15) is 0 Å². The van der Waals surface area contributed by atoms with E-state index in [4.69, 9.17) is 0 Å². The summed E-state index contributed by atoms with van der Waals surface area (Å²) in [5, 5.41) is 0.243. The van der Waals surface area contributed by atoms with E-state index in [1.165, 1.54) is 16.7 Å². The molecule has 0 amide bonds. The van der Waals surface area contributed by atoms with Crippen molar-refractivity contribution in [3.05, 3.63) is 65.2 Å². The molecule has 124 valence electrons. The van der Waals surface area contributed by atoms with Crippen molar-refractivity contribution in [2.24, 2.45) is 5.92 Å². The van der Waals surface area contributed by atoms with Gasteiger partial charge in [-0.1, -0.05) is 77.1 Å². The predicted octanol–water partition coefficient (Wildman–Crippen LogP) is 5.55. The average Bonchev–Trinajstić information content (AvgIpc) is 3.03. The van der Waals surface area contributed by atoms with E-state index in [1.807, 2.05) is 39.8 Å². The molecule has 0 bridgehead atoms. The molecule has 23 heavy (non-hydrogen) atoms. The third-order valence-corrected chi connectivity index (χ3v) is 6.52. The fourth-order valence-corrected chi connectivity index (χ4v) is 5.35. The maximum Gasteiger partial charge on any atom is 0.0564 e. The molecule has 4 unspecified atom stereocenters. The number of benzene rings is 2. The molecular formula is C21H28OS. The first-order chi connectivity index (χ1) is 11.3. The van der Waals surface area contributed by atoms with E-state index in [0.29, 0.717) is 11.8 Å². The molecule has 4 atom stereocenters. The van der Waals surface area contributed by atoms with Crippen LogP contribution in [-0.2, 0) is 17.2 Å². The van der Waals surface area contributed by atoms with Crippen LogP contribution < -0.4 is 0 Å². The SMILES string of the molecule is CC.CC.CC1C2Cc3ccccc3C2c2ccccc2S1=O. The third kappa shape index (κ3) is 3.01. The Balaban J connectivity index is 0.000000448.